The molecular weight excluding hydrogens is 224 g/mol. The highest BCUT2D eigenvalue weighted by atomic mass is 32.2. The third-order valence-electron chi connectivity index (χ3n) is 3.23. The Morgan fingerprint density at radius 1 is 1.47 bits per heavy atom. The van der Waals surface area contributed by atoms with Crippen LogP contribution in [0.4, 0.5) is 0 Å². The maximum Gasteiger partial charge on any atom is 0.0884 e. The highest BCUT2D eigenvalue weighted by molar-refractivity contribution is 7.98. The summed E-state index contributed by atoms with van der Waals surface area (Å²) in [5, 5.41) is 10.1. The summed E-state index contributed by atoms with van der Waals surface area (Å²) in [6.45, 7) is 0. The molecule has 0 aromatic carbocycles. The summed E-state index contributed by atoms with van der Waals surface area (Å²) in [4.78, 5) is 2.74. The molecule has 1 unspecified atom stereocenters. The Kier molecular flexibility index (Phi) is 2.79. The third-order valence-corrected chi connectivity index (χ3v) is 5.57. The lowest BCUT2D eigenvalue weighted by molar-refractivity contribution is 0.164. The molecule has 1 saturated carbocycles. The normalized spacial score (nSPS) is 22.5. The van der Waals surface area contributed by atoms with Gasteiger partial charge in [-0.15, -0.1) is 11.3 Å². The van der Waals surface area contributed by atoms with Crippen molar-refractivity contribution in [2.75, 3.05) is 5.75 Å². The number of thiophene rings is 1. The lowest BCUT2D eigenvalue weighted by atomic mass is 10.1. The Hall–Kier alpha value is 0.01000. The van der Waals surface area contributed by atoms with Gasteiger partial charge in [0.15, 0.2) is 0 Å². The first kappa shape index (κ1) is 10.2. The van der Waals surface area contributed by atoms with Crippen molar-refractivity contribution in [3.8, 4) is 0 Å². The Bertz CT molecular complexity index is 331. The maximum atomic E-state index is 10.1. The number of fused-ring (bicyclic) bond motifs is 1. The van der Waals surface area contributed by atoms with E-state index in [2.05, 4.69) is 6.07 Å². The second-order valence-corrected chi connectivity index (χ2v) is 6.87. The van der Waals surface area contributed by atoms with Crippen LogP contribution in [0.3, 0.4) is 0 Å². The van der Waals surface area contributed by atoms with Crippen molar-refractivity contribution in [3.05, 3.63) is 21.4 Å². The molecule has 1 aromatic rings. The van der Waals surface area contributed by atoms with E-state index in [-0.39, 0.29) is 6.10 Å². The van der Waals surface area contributed by atoms with Gasteiger partial charge in [-0.05, 0) is 36.1 Å². The van der Waals surface area contributed by atoms with Crippen molar-refractivity contribution in [2.45, 2.75) is 37.5 Å². The van der Waals surface area contributed by atoms with Crippen LogP contribution in [-0.4, -0.2) is 10.9 Å². The van der Waals surface area contributed by atoms with Crippen LogP contribution >= 0.6 is 23.1 Å². The zero-order valence-electron chi connectivity index (χ0n) is 8.74. The predicted octanol–water partition coefficient (Wildman–Crippen LogP) is 3.37. The van der Waals surface area contributed by atoms with Crippen LogP contribution in [0.2, 0.25) is 0 Å². The number of rotatable bonds is 3. The van der Waals surface area contributed by atoms with Gasteiger partial charge in [-0.2, -0.15) is 11.8 Å². The molecule has 1 aliphatic carbocycles. The smallest absolute Gasteiger partial charge is 0.0884 e. The summed E-state index contributed by atoms with van der Waals surface area (Å²) in [6.07, 6.45) is 4.68. The first-order valence-corrected chi connectivity index (χ1v) is 7.67. The number of aliphatic hydroxyl groups excluding tert-OH is 1. The standard InChI is InChI=1S/C12H16OS2/c13-10(5-8-1-2-8)12-6-9-7-14-4-3-11(9)15-12/h6,8,10,13H,1-5,7H2. The van der Waals surface area contributed by atoms with E-state index in [9.17, 15) is 5.11 Å². The van der Waals surface area contributed by atoms with Crippen molar-refractivity contribution in [3.63, 3.8) is 0 Å². The highest BCUT2D eigenvalue weighted by Gasteiger charge is 2.26. The van der Waals surface area contributed by atoms with E-state index in [1.807, 2.05) is 23.1 Å². The van der Waals surface area contributed by atoms with Gasteiger partial charge in [0, 0.05) is 15.5 Å². The molecule has 82 valence electrons. The van der Waals surface area contributed by atoms with Crippen LogP contribution in [0, 0.1) is 5.92 Å². The third kappa shape index (κ3) is 2.24. The summed E-state index contributed by atoms with van der Waals surface area (Å²) in [7, 11) is 0. The van der Waals surface area contributed by atoms with Gasteiger partial charge in [0.05, 0.1) is 6.10 Å². The molecule has 1 N–H and O–H groups in total. The summed E-state index contributed by atoms with van der Waals surface area (Å²) in [6, 6.07) is 2.25. The molecule has 0 amide bonds. The second-order valence-electron chi connectivity index (χ2n) is 4.59. The van der Waals surface area contributed by atoms with Gasteiger partial charge in [-0.3, -0.25) is 0 Å². The lowest BCUT2D eigenvalue weighted by Gasteiger charge is -2.08. The van der Waals surface area contributed by atoms with Gasteiger partial charge >= 0.3 is 0 Å². The fourth-order valence-corrected chi connectivity index (χ4v) is 4.50. The minimum absolute atomic E-state index is 0.182. The van der Waals surface area contributed by atoms with E-state index < -0.39 is 0 Å². The van der Waals surface area contributed by atoms with Crippen molar-refractivity contribution >= 4 is 23.1 Å². The number of aliphatic hydroxyl groups is 1. The number of hydrogen-bond donors (Lipinski definition) is 1. The van der Waals surface area contributed by atoms with Gasteiger partial charge in [0.2, 0.25) is 0 Å². The summed E-state index contributed by atoms with van der Waals surface area (Å²) >= 11 is 3.86. The average molecular weight is 240 g/mol. The van der Waals surface area contributed by atoms with Crippen LogP contribution in [0.25, 0.3) is 0 Å². The Labute approximate surface area is 98.9 Å². The first-order chi connectivity index (χ1) is 7.33. The molecule has 1 aliphatic heterocycles. The molecule has 1 nitrogen and oxygen atoms in total. The monoisotopic (exact) mass is 240 g/mol. The molecule has 1 atom stereocenters. The Morgan fingerprint density at radius 2 is 2.33 bits per heavy atom. The second kappa shape index (κ2) is 4.11. The van der Waals surface area contributed by atoms with Crippen LogP contribution in [0.5, 0.6) is 0 Å². The van der Waals surface area contributed by atoms with Crippen LogP contribution in [0.15, 0.2) is 6.07 Å². The number of thioether (sulfide) groups is 1. The Morgan fingerprint density at radius 3 is 3.07 bits per heavy atom. The van der Waals surface area contributed by atoms with E-state index in [0.717, 1.165) is 18.1 Å². The van der Waals surface area contributed by atoms with Crippen molar-refractivity contribution < 1.29 is 5.11 Å². The molecule has 3 rings (SSSR count). The predicted molar refractivity (Wildman–Crippen MR) is 66.5 cm³/mol. The molecule has 1 aromatic heterocycles. The maximum absolute atomic E-state index is 10.1. The van der Waals surface area contributed by atoms with Gasteiger partial charge in [0.25, 0.3) is 0 Å². The van der Waals surface area contributed by atoms with E-state index >= 15 is 0 Å². The lowest BCUT2D eigenvalue weighted by Crippen LogP contribution is -1.96. The number of hydrogen-bond acceptors (Lipinski definition) is 3. The molecule has 2 heterocycles. The SMILES string of the molecule is OC(CC1CC1)c1cc2c(s1)CCSC2. The van der Waals surface area contributed by atoms with Crippen molar-refractivity contribution in [2.24, 2.45) is 5.92 Å². The fourth-order valence-electron chi connectivity index (χ4n) is 2.12. The zero-order valence-corrected chi connectivity index (χ0v) is 10.4. The minimum Gasteiger partial charge on any atom is -0.388 e. The molecule has 15 heavy (non-hydrogen) atoms. The van der Waals surface area contributed by atoms with Crippen molar-refractivity contribution in [1.82, 2.24) is 0 Å². The highest BCUT2D eigenvalue weighted by Crippen LogP contribution is 2.41. The average Bonchev–Trinajstić information content (AvgIpc) is 2.95. The molecule has 0 spiro atoms. The number of aryl methyl sites for hydroxylation is 1. The largest absolute Gasteiger partial charge is 0.388 e. The fraction of sp³-hybridized carbons (Fsp3) is 0.667. The van der Waals surface area contributed by atoms with E-state index in [1.54, 1.807) is 0 Å². The van der Waals surface area contributed by atoms with Crippen LogP contribution in [0.1, 0.15) is 40.7 Å². The van der Waals surface area contributed by atoms with E-state index in [4.69, 9.17) is 0 Å². The first-order valence-electron chi connectivity index (χ1n) is 5.70. The molecule has 1 fully saturated rings. The molecule has 2 aliphatic rings. The molecule has 0 radical (unpaired) electrons. The molecule has 0 bridgehead atoms. The molecule has 3 heteroatoms. The summed E-state index contributed by atoms with van der Waals surface area (Å²) < 4.78 is 0. The molecule has 0 saturated heterocycles. The summed E-state index contributed by atoms with van der Waals surface area (Å²) in [5.74, 6) is 3.22. The van der Waals surface area contributed by atoms with Gasteiger partial charge < -0.3 is 5.11 Å². The van der Waals surface area contributed by atoms with Crippen LogP contribution in [-0.2, 0) is 12.2 Å². The Balaban J connectivity index is 1.75. The van der Waals surface area contributed by atoms with E-state index in [0.29, 0.717) is 0 Å². The van der Waals surface area contributed by atoms with Crippen LogP contribution < -0.4 is 0 Å². The van der Waals surface area contributed by atoms with Crippen molar-refractivity contribution in [1.29, 1.82) is 0 Å². The topological polar surface area (TPSA) is 20.2 Å². The zero-order chi connectivity index (χ0) is 10.3. The quantitative estimate of drug-likeness (QED) is 0.874. The van der Waals surface area contributed by atoms with Gasteiger partial charge in [-0.25, -0.2) is 0 Å². The minimum atomic E-state index is -0.182. The summed E-state index contributed by atoms with van der Waals surface area (Å²) in [5.41, 5.74) is 1.49. The van der Waals surface area contributed by atoms with E-state index in [1.165, 1.54) is 40.3 Å². The molecular formula is C12H16OS2. The van der Waals surface area contributed by atoms with Gasteiger partial charge in [0.1, 0.15) is 0 Å². The van der Waals surface area contributed by atoms with Gasteiger partial charge in [-0.1, -0.05) is 12.8 Å².